The van der Waals surface area contributed by atoms with Gasteiger partial charge in [-0.2, -0.15) is 0 Å². The van der Waals surface area contributed by atoms with Gasteiger partial charge < -0.3 is 5.73 Å². The largest absolute Gasteiger partial charge is 0.321 e. The molecule has 1 saturated carbocycles. The van der Waals surface area contributed by atoms with E-state index in [1.54, 1.807) is 0 Å². The number of hydrogen-bond donors (Lipinski definition) is 1. The van der Waals surface area contributed by atoms with Crippen molar-refractivity contribution in [2.45, 2.75) is 37.6 Å². The van der Waals surface area contributed by atoms with Crippen LogP contribution in [-0.2, 0) is 5.54 Å². The Balaban J connectivity index is 0.00000108. The summed E-state index contributed by atoms with van der Waals surface area (Å²) in [5.41, 5.74) is 8.31. The van der Waals surface area contributed by atoms with Crippen LogP contribution in [0.15, 0.2) is 24.3 Å². The van der Waals surface area contributed by atoms with Crippen LogP contribution in [0.4, 0.5) is 0 Å². The van der Waals surface area contributed by atoms with Crippen LogP contribution in [0.2, 0.25) is 0 Å². The molecule has 92 valence electrons. The SMILES string of the molecule is Cl.NC12CCCCC1CC(=O)c1ccccc12. The van der Waals surface area contributed by atoms with E-state index in [1.807, 2.05) is 24.3 Å². The highest BCUT2D eigenvalue weighted by molar-refractivity contribution is 5.99. The lowest BCUT2D eigenvalue weighted by molar-refractivity contribution is 0.0846. The molecule has 0 amide bonds. The summed E-state index contributed by atoms with van der Waals surface area (Å²) in [5, 5.41) is 0. The molecular weight excluding hydrogens is 234 g/mol. The number of benzene rings is 1. The van der Waals surface area contributed by atoms with Crippen molar-refractivity contribution in [3.63, 3.8) is 0 Å². The van der Waals surface area contributed by atoms with E-state index in [0.717, 1.165) is 24.0 Å². The summed E-state index contributed by atoms with van der Waals surface area (Å²) < 4.78 is 0. The molecule has 2 aliphatic carbocycles. The van der Waals surface area contributed by atoms with Crippen LogP contribution < -0.4 is 5.73 Å². The second-order valence-electron chi connectivity index (χ2n) is 5.16. The lowest BCUT2D eigenvalue weighted by Crippen LogP contribution is -2.50. The van der Waals surface area contributed by atoms with Gasteiger partial charge in [0, 0.05) is 17.5 Å². The number of carbonyl (C=O) groups excluding carboxylic acids is 1. The number of nitrogens with two attached hydrogens (primary N) is 1. The maximum absolute atomic E-state index is 12.0. The number of hydrogen-bond acceptors (Lipinski definition) is 2. The number of carbonyl (C=O) groups is 1. The van der Waals surface area contributed by atoms with Gasteiger partial charge in [-0.15, -0.1) is 12.4 Å². The molecule has 0 bridgehead atoms. The molecule has 2 unspecified atom stereocenters. The summed E-state index contributed by atoms with van der Waals surface area (Å²) in [4.78, 5) is 12.0. The van der Waals surface area contributed by atoms with Crippen LogP contribution in [-0.4, -0.2) is 5.78 Å². The molecule has 1 aromatic carbocycles. The third-order valence-electron chi connectivity index (χ3n) is 4.28. The fourth-order valence-corrected chi connectivity index (χ4v) is 3.37. The van der Waals surface area contributed by atoms with Crippen molar-refractivity contribution < 1.29 is 4.79 Å². The van der Waals surface area contributed by atoms with Crippen molar-refractivity contribution in [2.24, 2.45) is 11.7 Å². The highest BCUT2D eigenvalue weighted by atomic mass is 35.5. The molecule has 0 radical (unpaired) electrons. The van der Waals surface area contributed by atoms with E-state index in [4.69, 9.17) is 5.73 Å². The van der Waals surface area contributed by atoms with Gasteiger partial charge in [-0.3, -0.25) is 4.79 Å². The molecule has 3 heteroatoms. The Labute approximate surface area is 108 Å². The van der Waals surface area contributed by atoms with Gasteiger partial charge in [0.25, 0.3) is 0 Å². The Morgan fingerprint density at radius 3 is 2.82 bits per heavy atom. The van der Waals surface area contributed by atoms with Crippen molar-refractivity contribution in [1.29, 1.82) is 0 Å². The summed E-state index contributed by atoms with van der Waals surface area (Å²) in [6, 6.07) is 7.91. The van der Waals surface area contributed by atoms with Crippen LogP contribution in [0.3, 0.4) is 0 Å². The average Bonchev–Trinajstić information content (AvgIpc) is 2.31. The normalized spacial score (nSPS) is 31.1. The predicted molar refractivity (Wildman–Crippen MR) is 70.5 cm³/mol. The van der Waals surface area contributed by atoms with Crippen molar-refractivity contribution in [3.05, 3.63) is 35.4 Å². The van der Waals surface area contributed by atoms with E-state index in [2.05, 4.69) is 0 Å². The van der Waals surface area contributed by atoms with Gasteiger partial charge in [-0.05, 0) is 24.3 Å². The predicted octanol–water partition coefficient (Wildman–Crippen LogP) is 3.04. The van der Waals surface area contributed by atoms with Crippen LogP contribution in [0, 0.1) is 5.92 Å². The first-order chi connectivity index (χ1) is 7.72. The summed E-state index contributed by atoms with van der Waals surface area (Å²) in [6.45, 7) is 0. The van der Waals surface area contributed by atoms with Crippen LogP contribution >= 0.6 is 12.4 Å². The van der Waals surface area contributed by atoms with Crippen molar-refractivity contribution in [2.75, 3.05) is 0 Å². The molecule has 0 heterocycles. The second-order valence-corrected chi connectivity index (χ2v) is 5.16. The highest BCUT2D eigenvalue weighted by Crippen LogP contribution is 2.46. The smallest absolute Gasteiger partial charge is 0.163 e. The quantitative estimate of drug-likeness (QED) is 0.770. The van der Waals surface area contributed by atoms with Crippen LogP contribution in [0.25, 0.3) is 0 Å². The van der Waals surface area contributed by atoms with Gasteiger partial charge in [-0.25, -0.2) is 0 Å². The molecule has 17 heavy (non-hydrogen) atoms. The van der Waals surface area contributed by atoms with E-state index in [-0.39, 0.29) is 23.7 Å². The van der Waals surface area contributed by atoms with E-state index in [9.17, 15) is 4.79 Å². The summed E-state index contributed by atoms with van der Waals surface area (Å²) in [5.74, 6) is 0.646. The third-order valence-corrected chi connectivity index (χ3v) is 4.28. The Morgan fingerprint density at radius 2 is 2.00 bits per heavy atom. The zero-order valence-electron chi connectivity index (χ0n) is 9.82. The lowest BCUT2D eigenvalue weighted by atomic mass is 9.63. The molecule has 2 nitrogen and oxygen atoms in total. The molecule has 2 atom stereocenters. The Kier molecular flexibility index (Phi) is 3.28. The number of ketones is 1. The summed E-state index contributed by atoms with van der Waals surface area (Å²) in [6.07, 6.45) is 5.20. The molecule has 0 aliphatic heterocycles. The van der Waals surface area contributed by atoms with Gasteiger partial charge in [-0.1, -0.05) is 37.1 Å². The van der Waals surface area contributed by atoms with E-state index >= 15 is 0 Å². The Morgan fingerprint density at radius 1 is 1.24 bits per heavy atom. The number of Topliss-reactive ketones (excluding diaryl/α,β-unsaturated/α-hetero) is 1. The van der Waals surface area contributed by atoms with E-state index < -0.39 is 0 Å². The zero-order chi connectivity index (χ0) is 11.2. The average molecular weight is 252 g/mol. The monoisotopic (exact) mass is 251 g/mol. The van der Waals surface area contributed by atoms with E-state index in [0.29, 0.717) is 12.3 Å². The van der Waals surface area contributed by atoms with Gasteiger partial charge >= 0.3 is 0 Å². The van der Waals surface area contributed by atoms with Gasteiger partial charge in [0.05, 0.1) is 0 Å². The third kappa shape index (κ3) is 1.80. The molecule has 2 aliphatic rings. The van der Waals surface area contributed by atoms with E-state index in [1.165, 1.54) is 12.8 Å². The van der Waals surface area contributed by atoms with Gasteiger partial charge in [0.15, 0.2) is 5.78 Å². The maximum Gasteiger partial charge on any atom is 0.163 e. The Hall–Kier alpha value is -0.860. The highest BCUT2D eigenvalue weighted by Gasteiger charge is 2.44. The fourth-order valence-electron chi connectivity index (χ4n) is 3.37. The van der Waals surface area contributed by atoms with Crippen molar-refractivity contribution in [3.8, 4) is 0 Å². The topological polar surface area (TPSA) is 43.1 Å². The molecule has 1 fully saturated rings. The molecule has 0 spiro atoms. The number of fused-ring (bicyclic) bond motifs is 3. The standard InChI is InChI=1S/C14H17NO.ClH/c15-14-8-4-3-5-10(14)9-13(16)11-6-1-2-7-12(11)14;/h1-2,6-7,10H,3-5,8-9,15H2;1H. The summed E-state index contributed by atoms with van der Waals surface area (Å²) in [7, 11) is 0. The zero-order valence-corrected chi connectivity index (χ0v) is 10.6. The minimum Gasteiger partial charge on any atom is -0.321 e. The van der Waals surface area contributed by atoms with Crippen molar-refractivity contribution >= 4 is 18.2 Å². The molecule has 3 rings (SSSR count). The maximum atomic E-state index is 12.0. The molecule has 1 aromatic rings. The fraction of sp³-hybridized carbons (Fsp3) is 0.500. The van der Waals surface area contributed by atoms with Gasteiger partial charge in [0.1, 0.15) is 0 Å². The first kappa shape index (κ1) is 12.6. The number of halogens is 1. The minimum atomic E-state index is -0.233. The second kappa shape index (κ2) is 4.43. The first-order valence-electron chi connectivity index (χ1n) is 6.13. The number of rotatable bonds is 0. The van der Waals surface area contributed by atoms with Crippen molar-refractivity contribution in [1.82, 2.24) is 0 Å². The van der Waals surface area contributed by atoms with Crippen LogP contribution in [0.1, 0.15) is 48.0 Å². The van der Waals surface area contributed by atoms with Gasteiger partial charge in [0.2, 0.25) is 0 Å². The lowest BCUT2D eigenvalue weighted by Gasteiger charge is -2.45. The van der Waals surface area contributed by atoms with Crippen LogP contribution in [0.5, 0.6) is 0 Å². The molecule has 0 saturated heterocycles. The Bertz CT molecular complexity index is 446. The molecule has 0 aromatic heterocycles. The summed E-state index contributed by atoms with van der Waals surface area (Å²) >= 11 is 0. The first-order valence-corrected chi connectivity index (χ1v) is 6.13. The minimum absolute atomic E-state index is 0. The molecular formula is C14H18ClNO. The molecule has 2 N–H and O–H groups in total.